The van der Waals surface area contributed by atoms with Crippen LogP contribution in [0.4, 0.5) is 4.79 Å². The van der Waals surface area contributed by atoms with E-state index in [4.69, 9.17) is 14.2 Å². The number of allylic oxidation sites excluding steroid dienone is 3. The van der Waals surface area contributed by atoms with Crippen LogP contribution in [0, 0.1) is 5.92 Å². The highest BCUT2D eigenvalue weighted by molar-refractivity contribution is 5.96. The quantitative estimate of drug-likeness (QED) is 0.419. The molecule has 3 heterocycles. The number of hydrogen-bond acceptors (Lipinski definition) is 8. The Bertz CT molecular complexity index is 1270. The van der Waals surface area contributed by atoms with Gasteiger partial charge in [-0.05, 0) is 59.5 Å². The lowest BCUT2D eigenvalue weighted by Gasteiger charge is -2.30. The van der Waals surface area contributed by atoms with Crippen molar-refractivity contribution in [2.24, 2.45) is 10.9 Å². The van der Waals surface area contributed by atoms with Crippen LogP contribution in [-0.2, 0) is 28.6 Å². The molecule has 2 aliphatic carbocycles. The maximum absolute atomic E-state index is 14.1. The Morgan fingerprint density at radius 2 is 2.00 bits per heavy atom. The van der Waals surface area contributed by atoms with Crippen molar-refractivity contribution in [1.82, 2.24) is 15.5 Å². The smallest absolute Gasteiger partial charge is 0.408 e. The second-order valence-electron chi connectivity index (χ2n) is 13.1. The van der Waals surface area contributed by atoms with Gasteiger partial charge in [-0.2, -0.15) is 0 Å². The third-order valence-electron chi connectivity index (χ3n) is 8.39. The first-order valence-corrected chi connectivity index (χ1v) is 15.1. The van der Waals surface area contributed by atoms with Gasteiger partial charge in [-0.15, -0.1) is 0 Å². The maximum atomic E-state index is 14.1. The summed E-state index contributed by atoms with van der Waals surface area (Å²) < 4.78 is 17.4. The van der Waals surface area contributed by atoms with E-state index in [1.54, 1.807) is 20.8 Å². The molecule has 0 bridgehead atoms. The number of nitrogens with one attached hydrogen (secondary N) is 2. The molecule has 0 radical (unpaired) electrons. The summed E-state index contributed by atoms with van der Waals surface area (Å²) in [5.74, 6) is -2.47. The number of carboxylic acids is 1. The van der Waals surface area contributed by atoms with Crippen molar-refractivity contribution in [3.63, 3.8) is 0 Å². The molecule has 2 fully saturated rings. The van der Waals surface area contributed by atoms with E-state index in [2.05, 4.69) is 15.6 Å². The minimum absolute atomic E-state index is 0.0369. The molecule has 3 amide bonds. The summed E-state index contributed by atoms with van der Waals surface area (Å²) in [5, 5.41) is 15.5. The highest BCUT2D eigenvalue weighted by atomic mass is 16.7. The van der Waals surface area contributed by atoms with Crippen LogP contribution in [-0.4, -0.2) is 88.0 Å². The van der Waals surface area contributed by atoms with Gasteiger partial charge >= 0.3 is 18.1 Å². The highest BCUT2D eigenvalue weighted by Crippen LogP contribution is 2.45. The average Bonchev–Trinajstić information content (AvgIpc) is 3.23. The van der Waals surface area contributed by atoms with Crippen LogP contribution in [0.25, 0.3) is 0 Å². The molecule has 3 aliphatic heterocycles. The van der Waals surface area contributed by atoms with Gasteiger partial charge in [-0.1, -0.05) is 42.7 Å². The van der Waals surface area contributed by atoms with Crippen LogP contribution in [0.15, 0.2) is 40.9 Å². The number of ether oxygens (including phenoxy) is 3. The monoisotopic (exact) mass is 598 g/mol. The number of hydrogen-bond donors (Lipinski definition) is 3. The van der Waals surface area contributed by atoms with E-state index in [1.807, 2.05) is 37.3 Å². The van der Waals surface area contributed by atoms with Gasteiger partial charge in [0.15, 0.2) is 0 Å². The Balaban J connectivity index is 1.38. The molecular formula is C31H42N4O8. The number of amides is 3. The first-order chi connectivity index (χ1) is 20.3. The minimum Gasteiger partial charge on any atom is -0.479 e. The number of carbonyl (C=O) groups excluding carboxylic acids is 3. The van der Waals surface area contributed by atoms with Crippen LogP contribution >= 0.6 is 0 Å². The molecule has 0 aromatic rings. The van der Waals surface area contributed by atoms with Crippen molar-refractivity contribution < 1.29 is 38.5 Å². The molecule has 1 saturated heterocycles. The summed E-state index contributed by atoms with van der Waals surface area (Å²) in [7, 11) is 0. The van der Waals surface area contributed by atoms with E-state index in [1.165, 1.54) is 4.90 Å². The summed E-state index contributed by atoms with van der Waals surface area (Å²) in [5.41, 5.74) is -1.11. The molecule has 0 aromatic heterocycles. The van der Waals surface area contributed by atoms with Crippen LogP contribution in [0.5, 0.6) is 0 Å². The normalized spacial score (nSPS) is 34.9. The number of alkyl carbamates (subject to hydrolysis) is 1. The number of nitrogens with zero attached hydrogens (tertiary/aromatic N) is 2. The van der Waals surface area contributed by atoms with Crippen LogP contribution in [0.2, 0.25) is 0 Å². The summed E-state index contributed by atoms with van der Waals surface area (Å²) >= 11 is 0. The van der Waals surface area contributed by atoms with E-state index in [0.717, 1.165) is 24.8 Å². The van der Waals surface area contributed by atoms with Gasteiger partial charge in [0.05, 0.1) is 6.54 Å². The van der Waals surface area contributed by atoms with E-state index in [0.29, 0.717) is 12.8 Å². The number of aliphatic carboxylic acids is 1. The Hall–Kier alpha value is -3.83. The first-order valence-electron chi connectivity index (χ1n) is 15.1. The second kappa shape index (κ2) is 12.0. The summed E-state index contributed by atoms with van der Waals surface area (Å²) in [6.07, 6.45) is 11.9. The van der Waals surface area contributed by atoms with Crippen molar-refractivity contribution >= 4 is 30.0 Å². The van der Waals surface area contributed by atoms with E-state index in [9.17, 15) is 24.3 Å². The molecule has 5 aliphatic rings. The predicted octanol–water partition coefficient (Wildman–Crippen LogP) is 2.99. The molecule has 12 heteroatoms. The Morgan fingerprint density at radius 1 is 1.21 bits per heavy atom. The summed E-state index contributed by atoms with van der Waals surface area (Å²) in [4.78, 5) is 58.7. The molecule has 1 saturated carbocycles. The van der Waals surface area contributed by atoms with Gasteiger partial charge in [0.1, 0.15) is 41.5 Å². The molecule has 0 spiro atoms. The highest BCUT2D eigenvalue weighted by Gasteiger charge is 2.61. The first kappa shape index (κ1) is 30.6. The standard InChI is InChI=1S/C31H42N4O8/c1-18-12-13-24-22(14-18)33-29(42-24)41-20-15-23-25(36)34-31(27(38)39)16-19(31)10-8-6-5-7-9-11-21(26(37)35(23)17-20)32-28(40)43-30(2,3)4/h8,10,12-14,19-24H,5-7,9,11,15-17H2,1-4H3,(H,32,40)(H,34,36)(H,38,39)/b10-8-/t19-,20-,21+,22?,23+,24?,31-/m1/s1. The number of fused-ring (bicyclic) bond motifs is 3. The van der Waals surface area contributed by atoms with Crippen molar-refractivity contribution in [2.45, 2.75) is 114 Å². The maximum Gasteiger partial charge on any atom is 0.408 e. The zero-order chi connectivity index (χ0) is 30.9. The summed E-state index contributed by atoms with van der Waals surface area (Å²) in [6.45, 7) is 7.22. The van der Waals surface area contributed by atoms with Gasteiger partial charge in [0.2, 0.25) is 11.8 Å². The summed E-state index contributed by atoms with van der Waals surface area (Å²) in [6, 6.07) is -2.17. The molecule has 2 unspecified atom stereocenters. The number of carboxylic acid groups (broad SMARTS) is 1. The second-order valence-corrected chi connectivity index (χ2v) is 13.1. The lowest BCUT2D eigenvalue weighted by Crippen LogP contribution is -2.56. The zero-order valence-corrected chi connectivity index (χ0v) is 25.2. The number of rotatable bonds is 3. The van der Waals surface area contributed by atoms with Crippen molar-refractivity contribution in [3.8, 4) is 0 Å². The fourth-order valence-electron chi connectivity index (χ4n) is 6.07. The van der Waals surface area contributed by atoms with Crippen molar-refractivity contribution in [3.05, 3.63) is 36.0 Å². The Kier molecular flexibility index (Phi) is 8.58. The number of aliphatic imine (C=N–C) groups is 1. The van der Waals surface area contributed by atoms with E-state index < -0.39 is 53.2 Å². The third-order valence-corrected chi connectivity index (χ3v) is 8.39. The lowest BCUT2D eigenvalue weighted by molar-refractivity contribution is -0.145. The van der Waals surface area contributed by atoms with Crippen molar-refractivity contribution in [2.75, 3.05) is 6.54 Å². The van der Waals surface area contributed by atoms with Gasteiger partial charge in [-0.25, -0.2) is 14.6 Å². The SMILES string of the molecule is CC1=CC2N=C(O[C@@H]3C[C@H]4C(=O)N[C@]5(C(=O)O)C[C@H]5/C=C\CCCCC[C@H](NC(=O)OC(C)(C)C)C(=O)N4C3)OC2C=C1. The molecule has 3 N–H and O–H groups in total. The fourth-order valence-corrected chi connectivity index (χ4v) is 6.07. The Morgan fingerprint density at radius 3 is 2.74 bits per heavy atom. The fraction of sp³-hybridized carbons (Fsp3) is 0.645. The average molecular weight is 599 g/mol. The van der Waals surface area contributed by atoms with Gasteiger partial charge in [0, 0.05) is 12.3 Å². The molecular weight excluding hydrogens is 556 g/mol. The molecule has 5 rings (SSSR count). The minimum atomic E-state index is -1.42. The molecule has 0 aromatic carbocycles. The zero-order valence-electron chi connectivity index (χ0n) is 25.2. The molecule has 234 valence electrons. The van der Waals surface area contributed by atoms with E-state index in [-0.39, 0.29) is 43.5 Å². The van der Waals surface area contributed by atoms with E-state index >= 15 is 0 Å². The van der Waals surface area contributed by atoms with Crippen LogP contribution in [0.1, 0.15) is 72.6 Å². The number of carbonyl (C=O) groups is 4. The molecule has 12 nitrogen and oxygen atoms in total. The lowest BCUT2D eigenvalue weighted by atomic mass is 10.0. The van der Waals surface area contributed by atoms with Gasteiger partial charge in [-0.3, -0.25) is 9.59 Å². The molecule has 43 heavy (non-hydrogen) atoms. The molecule has 7 atom stereocenters. The van der Waals surface area contributed by atoms with Gasteiger partial charge in [0.25, 0.3) is 0 Å². The van der Waals surface area contributed by atoms with Crippen molar-refractivity contribution in [1.29, 1.82) is 0 Å². The van der Waals surface area contributed by atoms with Gasteiger partial charge < -0.3 is 34.9 Å². The third kappa shape index (κ3) is 7.05. The van der Waals surface area contributed by atoms with Crippen LogP contribution < -0.4 is 10.6 Å². The predicted molar refractivity (Wildman–Crippen MR) is 156 cm³/mol. The topological polar surface area (TPSA) is 156 Å². The Labute approximate surface area is 251 Å². The largest absolute Gasteiger partial charge is 0.479 e. The van der Waals surface area contributed by atoms with Crippen LogP contribution in [0.3, 0.4) is 0 Å².